The first-order valence-corrected chi connectivity index (χ1v) is 7.03. The molecule has 2 heterocycles. The lowest BCUT2D eigenvalue weighted by atomic mass is 10.1. The number of anilines is 1. The van der Waals surface area contributed by atoms with Gasteiger partial charge < -0.3 is 4.52 Å². The van der Waals surface area contributed by atoms with E-state index in [9.17, 15) is 4.79 Å². The minimum atomic E-state index is -0.104. The van der Waals surface area contributed by atoms with Gasteiger partial charge in [0.25, 0.3) is 0 Å². The van der Waals surface area contributed by atoms with Crippen molar-refractivity contribution in [1.82, 2.24) is 10.1 Å². The fourth-order valence-electron chi connectivity index (χ4n) is 2.07. The summed E-state index contributed by atoms with van der Waals surface area (Å²) in [5.41, 5.74) is 2.43. The Balaban J connectivity index is 1.57. The van der Waals surface area contributed by atoms with Gasteiger partial charge in [-0.2, -0.15) is 0 Å². The Hall–Kier alpha value is -2.95. The van der Waals surface area contributed by atoms with E-state index in [-0.39, 0.29) is 5.91 Å². The van der Waals surface area contributed by atoms with E-state index in [2.05, 4.69) is 15.5 Å². The van der Waals surface area contributed by atoms with Gasteiger partial charge in [0.15, 0.2) is 0 Å². The zero-order valence-electron chi connectivity index (χ0n) is 11.9. The molecule has 3 rings (SSSR count). The van der Waals surface area contributed by atoms with Gasteiger partial charge in [-0.05, 0) is 24.1 Å². The normalized spacial score (nSPS) is 10.4. The molecule has 0 bridgehead atoms. The minimum absolute atomic E-state index is 0.104. The van der Waals surface area contributed by atoms with E-state index in [4.69, 9.17) is 4.52 Å². The highest BCUT2D eigenvalue weighted by Gasteiger charge is 2.10. The zero-order chi connectivity index (χ0) is 15.2. The second-order valence-corrected chi connectivity index (χ2v) is 4.83. The average molecular weight is 293 g/mol. The van der Waals surface area contributed by atoms with Crippen LogP contribution in [0.1, 0.15) is 12.0 Å². The molecular formula is C17H15N3O2. The van der Waals surface area contributed by atoms with Crippen molar-refractivity contribution in [3.63, 3.8) is 0 Å². The lowest BCUT2D eigenvalue weighted by molar-refractivity contribution is -0.116. The largest absolute Gasteiger partial charge is 0.338 e. The van der Waals surface area contributed by atoms with E-state index < -0.39 is 0 Å². The molecule has 3 aromatic rings. The lowest BCUT2D eigenvalue weighted by Gasteiger charge is -2.01. The Morgan fingerprint density at radius 2 is 1.86 bits per heavy atom. The van der Waals surface area contributed by atoms with Gasteiger partial charge in [0.1, 0.15) is 5.69 Å². The molecule has 0 aliphatic heterocycles. The highest BCUT2D eigenvalue weighted by atomic mass is 16.5. The quantitative estimate of drug-likeness (QED) is 0.783. The number of rotatable bonds is 5. The summed E-state index contributed by atoms with van der Waals surface area (Å²) < 4.78 is 5.12. The van der Waals surface area contributed by atoms with E-state index in [1.165, 1.54) is 0 Å². The Morgan fingerprint density at radius 1 is 1.05 bits per heavy atom. The summed E-state index contributed by atoms with van der Waals surface area (Å²) in [4.78, 5) is 16.1. The van der Waals surface area contributed by atoms with E-state index in [0.717, 1.165) is 5.56 Å². The van der Waals surface area contributed by atoms with E-state index in [1.54, 1.807) is 12.3 Å². The number of amides is 1. The third kappa shape index (κ3) is 3.58. The van der Waals surface area contributed by atoms with Crippen molar-refractivity contribution >= 4 is 11.8 Å². The number of carbonyl (C=O) groups excluding carboxylic acids is 1. The Morgan fingerprint density at radius 3 is 2.64 bits per heavy atom. The van der Waals surface area contributed by atoms with Crippen LogP contribution in [0.3, 0.4) is 0 Å². The molecule has 1 N–H and O–H groups in total. The minimum Gasteiger partial charge on any atom is -0.338 e. The molecule has 0 saturated carbocycles. The highest BCUT2D eigenvalue weighted by Crippen LogP contribution is 2.19. The molecule has 0 saturated heterocycles. The molecule has 0 radical (unpaired) electrons. The van der Waals surface area contributed by atoms with Crippen LogP contribution in [0.2, 0.25) is 0 Å². The molecular weight excluding hydrogens is 278 g/mol. The Bertz CT molecular complexity index is 739. The first-order chi connectivity index (χ1) is 10.8. The first-order valence-electron chi connectivity index (χ1n) is 7.03. The number of hydrogen-bond donors (Lipinski definition) is 1. The number of hydrogen-bond acceptors (Lipinski definition) is 4. The molecule has 0 fully saturated rings. The number of aryl methyl sites for hydroxylation is 1. The summed E-state index contributed by atoms with van der Waals surface area (Å²) >= 11 is 0. The zero-order valence-corrected chi connectivity index (χ0v) is 11.9. The van der Waals surface area contributed by atoms with Crippen molar-refractivity contribution < 1.29 is 9.32 Å². The van der Waals surface area contributed by atoms with Crippen LogP contribution in [0.5, 0.6) is 0 Å². The van der Waals surface area contributed by atoms with E-state index >= 15 is 0 Å². The van der Waals surface area contributed by atoms with Crippen molar-refractivity contribution in [1.29, 1.82) is 0 Å². The second kappa shape index (κ2) is 6.67. The molecule has 0 spiro atoms. The van der Waals surface area contributed by atoms with Crippen LogP contribution in [-0.2, 0) is 11.2 Å². The van der Waals surface area contributed by atoms with Gasteiger partial charge in [0, 0.05) is 18.7 Å². The maximum absolute atomic E-state index is 11.9. The molecule has 0 atom stereocenters. The Labute approximate surface area is 128 Å². The van der Waals surface area contributed by atoms with Gasteiger partial charge in [-0.15, -0.1) is 0 Å². The van der Waals surface area contributed by atoms with Crippen LogP contribution < -0.4 is 5.32 Å². The molecule has 5 heteroatoms. The van der Waals surface area contributed by atoms with E-state index in [0.29, 0.717) is 30.1 Å². The van der Waals surface area contributed by atoms with E-state index in [1.807, 2.05) is 48.5 Å². The van der Waals surface area contributed by atoms with Crippen molar-refractivity contribution in [3.8, 4) is 11.4 Å². The van der Waals surface area contributed by atoms with Gasteiger partial charge in [0.2, 0.25) is 11.8 Å². The molecule has 5 nitrogen and oxygen atoms in total. The molecule has 0 aliphatic carbocycles. The SMILES string of the molecule is O=C(CCc1ccccc1)Nc1cc(-c2ccccn2)no1. The summed E-state index contributed by atoms with van der Waals surface area (Å²) in [6, 6.07) is 17.1. The monoisotopic (exact) mass is 293 g/mol. The molecule has 2 aromatic heterocycles. The average Bonchev–Trinajstić information content (AvgIpc) is 3.03. The molecule has 22 heavy (non-hydrogen) atoms. The summed E-state index contributed by atoms with van der Waals surface area (Å²) in [5.74, 6) is 0.228. The predicted octanol–water partition coefficient (Wildman–Crippen LogP) is 3.31. The number of aromatic nitrogens is 2. The third-order valence-corrected chi connectivity index (χ3v) is 3.18. The smallest absolute Gasteiger partial charge is 0.231 e. The number of carbonyl (C=O) groups is 1. The molecule has 1 amide bonds. The van der Waals surface area contributed by atoms with Gasteiger partial charge >= 0.3 is 0 Å². The summed E-state index contributed by atoms with van der Waals surface area (Å²) in [7, 11) is 0. The maximum Gasteiger partial charge on any atom is 0.231 e. The summed E-state index contributed by atoms with van der Waals surface area (Å²) in [5, 5.41) is 6.61. The first kappa shape index (κ1) is 14.0. The molecule has 110 valence electrons. The van der Waals surface area contributed by atoms with Crippen molar-refractivity contribution in [2.45, 2.75) is 12.8 Å². The standard InChI is InChI=1S/C17H15N3O2/c21-16(10-9-13-6-2-1-3-7-13)19-17-12-15(20-22-17)14-8-4-5-11-18-14/h1-8,11-12H,9-10H2,(H,19,21). The number of nitrogens with zero attached hydrogens (tertiary/aromatic N) is 2. The molecule has 0 aliphatic rings. The number of pyridine rings is 1. The fourth-order valence-corrected chi connectivity index (χ4v) is 2.07. The van der Waals surface area contributed by atoms with Crippen LogP contribution in [0, 0.1) is 0 Å². The van der Waals surface area contributed by atoms with Gasteiger partial charge in [0.05, 0.1) is 5.69 Å². The Kier molecular flexibility index (Phi) is 4.25. The lowest BCUT2D eigenvalue weighted by Crippen LogP contribution is -2.11. The second-order valence-electron chi connectivity index (χ2n) is 4.83. The molecule has 0 unspecified atom stereocenters. The third-order valence-electron chi connectivity index (χ3n) is 3.18. The molecule has 1 aromatic carbocycles. The highest BCUT2D eigenvalue weighted by molar-refractivity contribution is 5.89. The van der Waals surface area contributed by atoms with Crippen LogP contribution in [-0.4, -0.2) is 16.0 Å². The topological polar surface area (TPSA) is 68.0 Å². The fraction of sp³-hybridized carbons (Fsp3) is 0.118. The van der Waals surface area contributed by atoms with Crippen molar-refractivity contribution in [2.75, 3.05) is 5.32 Å². The van der Waals surface area contributed by atoms with Crippen molar-refractivity contribution in [2.24, 2.45) is 0 Å². The van der Waals surface area contributed by atoms with Crippen LogP contribution in [0.25, 0.3) is 11.4 Å². The van der Waals surface area contributed by atoms with Crippen molar-refractivity contribution in [3.05, 3.63) is 66.4 Å². The van der Waals surface area contributed by atoms with Gasteiger partial charge in [-0.1, -0.05) is 41.6 Å². The van der Waals surface area contributed by atoms with Gasteiger partial charge in [-0.3, -0.25) is 15.1 Å². The van der Waals surface area contributed by atoms with Crippen LogP contribution in [0.4, 0.5) is 5.88 Å². The van der Waals surface area contributed by atoms with Crippen LogP contribution in [0.15, 0.2) is 65.3 Å². The maximum atomic E-state index is 11.9. The summed E-state index contributed by atoms with van der Waals surface area (Å²) in [6.45, 7) is 0. The van der Waals surface area contributed by atoms with Gasteiger partial charge in [-0.25, -0.2) is 0 Å². The predicted molar refractivity (Wildman–Crippen MR) is 83.1 cm³/mol. The number of nitrogens with one attached hydrogen (secondary N) is 1. The summed E-state index contributed by atoms with van der Waals surface area (Å²) in [6.07, 6.45) is 2.76. The number of benzene rings is 1. The van der Waals surface area contributed by atoms with Crippen LogP contribution >= 0.6 is 0 Å².